The number of rotatable bonds is 10. The van der Waals surface area contributed by atoms with Gasteiger partial charge in [-0.2, -0.15) is 0 Å². The monoisotopic (exact) mass is 1230 g/mol. The Morgan fingerprint density at radius 1 is 0.292 bits per heavy atom. The van der Waals surface area contributed by atoms with Crippen molar-refractivity contribution < 1.29 is 17.7 Å². The van der Waals surface area contributed by atoms with Crippen LogP contribution in [0, 0.1) is 0 Å². The van der Waals surface area contributed by atoms with Crippen LogP contribution in [0.15, 0.2) is 315 Å². The van der Waals surface area contributed by atoms with Crippen LogP contribution in [-0.2, 0) is 17.3 Å². The topological polar surface area (TPSA) is 104 Å². The fourth-order valence-corrected chi connectivity index (χ4v) is 16.1. The maximum atomic E-state index is 7.06. The van der Waals surface area contributed by atoms with Crippen molar-refractivity contribution in [1.82, 2.24) is 19.9 Å². The van der Waals surface area contributed by atoms with Crippen molar-refractivity contribution in [3.8, 4) is 90.5 Å². The Labute approximate surface area is 551 Å². The minimum absolute atomic E-state index is 0.446. The summed E-state index contributed by atoms with van der Waals surface area (Å²) in [5, 5.41) is 6.05. The maximum Gasteiger partial charge on any atom is 0.164 e. The van der Waals surface area contributed by atoms with E-state index in [1.807, 2.05) is 54.6 Å². The molecule has 0 bridgehead atoms. The number of para-hydroxylation sites is 5. The van der Waals surface area contributed by atoms with Crippen LogP contribution in [0.5, 0.6) is 0 Å². The average molecular weight is 1230 g/mol. The number of furan rings is 4. The highest BCUT2D eigenvalue weighted by Crippen LogP contribution is 2.59. The maximum absolute atomic E-state index is 7.06. The summed E-state index contributed by atoms with van der Waals surface area (Å²) in [5.41, 5.74) is 23.2. The molecule has 450 valence electrons. The predicted octanol–water partition coefficient (Wildman–Crippen LogP) is 22.5. The largest absolute Gasteiger partial charge is 0.455 e. The normalized spacial score (nSPS) is 14.5. The summed E-state index contributed by atoms with van der Waals surface area (Å²) in [4.78, 5) is 21.9. The lowest BCUT2D eigenvalue weighted by molar-refractivity contribution is 0.583. The Balaban J connectivity index is 0.719. The molecule has 2 aliphatic rings. The molecule has 1 atom stereocenters. The van der Waals surface area contributed by atoms with Gasteiger partial charge in [-0.05, 0) is 134 Å². The van der Waals surface area contributed by atoms with Crippen molar-refractivity contribution in [1.29, 1.82) is 0 Å². The van der Waals surface area contributed by atoms with Gasteiger partial charge in [0, 0.05) is 48.9 Å². The zero-order chi connectivity index (χ0) is 63.2. The molecule has 8 heteroatoms. The molecular formula is C88H54N4O4. The molecule has 0 saturated heterocycles. The summed E-state index contributed by atoms with van der Waals surface area (Å²) in [7, 11) is 0. The van der Waals surface area contributed by atoms with Gasteiger partial charge in [-0.25, -0.2) is 19.9 Å². The molecule has 0 aliphatic heterocycles. The van der Waals surface area contributed by atoms with Gasteiger partial charge in [-0.15, -0.1) is 0 Å². The fraction of sp³-hybridized carbons (Fsp3) is 0.0455. The van der Waals surface area contributed by atoms with Crippen LogP contribution in [-0.4, -0.2) is 19.9 Å². The minimum atomic E-state index is -0.593. The first-order valence-corrected chi connectivity index (χ1v) is 32.6. The van der Waals surface area contributed by atoms with E-state index >= 15 is 0 Å². The number of aromatic nitrogens is 4. The molecular weight excluding hydrogens is 1180 g/mol. The summed E-state index contributed by atoms with van der Waals surface area (Å²) in [6.07, 6.45) is 0.711. The summed E-state index contributed by atoms with van der Waals surface area (Å²) in [6.45, 7) is 2.39. The first-order valence-electron chi connectivity index (χ1n) is 32.6. The van der Waals surface area contributed by atoms with Gasteiger partial charge in [0.25, 0.3) is 0 Å². The third-order valence-corrected chi connectivity index (χ3v) is 20.3. The Morgan fingerprint density at radius 3 is 1.32 bits per heavy atom. The van der Waals surface area contributed by atoms with Gasteiger partial charge in [0.2, 0.25) is 0 Å². The van der Waals surface area contributed by atoms with Gasteiger partial charge in [-0.3, -0.25) is 0 Å². The van der Waals surface area contributed by atoms with Gasteiger partial charge in [0.05, 0.1) is 27.9 Å². The average Bonchev–Trinajstić information content (AvgIpc) is 1.51. The summed E-state index contributed by atoms with van der Waals surface area (Å²) in [5.74, 6) is 2.40. The molecule has 0 spiro atoms. The molecule has 8 nitrogen and oxygen atoms in total. The van der Waals surface area contributed by atoms with E-state index in [1.54, 1.807) is 0 Å². The number of hydrogen-bond donors (Lipinski definition) is 0. The van der Waals surface area contributed by atoms with Crippen molar-refractivity contribution >= 4 is 65.8 Å². The number of fused-ring (bicyclic) bond motifs is 14. The van der Waals surface area contributed by atoms with E-state index in [0.717, 1.165) is 111 Å². The standard InChI is InChI=1S/C88H54N4O4/c1-87(67-37-13-10-29-60(67)81-62(33-20-39-69(81)87)71-49-73(79-47-53-22-8-15-41-75(53)93-79)91-85(89-71)64-35-18-31-58-57-28-12-17-43-77(57)95-83(58)64)51-52-44-45-78-66(46-52)59-32-19-36-65(84(59)96-78)86-90-72(50-74(92-86)80-48-54-23-9-16-42-76(54)94-80)63-34-21-40-70-82(63)61-30-11-14-38-68(61)88(70,55-24-4-2-5-25-55)56-26-6-3-7-27-56/h2-50H,51H2,1H3. The summed E-state index contributed by atoms with van der Waals surface area (Å²) >= 11 is 0. The Hall–Kier alpha value is -12.5. The number of hydrogen-bond acceptors (Lipinski definition) is 8. The Bertz CT molecular complexity index is 6130. The molecule has 0 radical (unpaired) electrons. The van der Waals surface area contributed by atoms with Gasteiger partial charge in [0.1, 0.15) is 44.9 Å². The molecule has 0 amide bonds. The van der Waals surface area contributed by atoms with E-state index in [9.17, 15) is 0 Å². The molecule has 0 N–H and O–H groups in total. The molecule has 2 aliphatic carbocycles. The third-order valence-electron chi connectivity index (χ3n) is 20.3. The van der Waals surface area contributed by atoms with Gasteiger partial charge in [0.15, 0.2) is 23.2 Å². The van der Waals surface area contributed by atoms with Crippen LogP contribution in [0.3, 0.4) is 0 Å². The van der Waals surface area contributed by atoms with Crippen LogP contribution in [0.1, 0.15) is 45.9 Å². The van der Waals surface area contributed by atoms with Gasteiger partial charge >= 0.3 is 0 Å². The summed E-state index contributed by atoms with van der Waals surface area (Å²) < 4.78 is 26.9. The molecule has 20 rings (SSSR count). The van der Waals surface area contributed by atoms with Crippen molar-refractivity contribution in [2.24, 2.45) is 0 Å². The van der Waals surface area contributed by atoms with Crippen molar-refractivity contribution in [2.45, 2.75) is 24.2 Å². The van der Waals surface area contributed by atoms with E-state index < -0.39 is 10.8 Å². The molecule has 0 fully saturated rings. The van der Waals surface area contributed by atoms with Gasteiger partial charge < -0.3 is 17.7 Å². The molecule has 96 heavy (non-hydrogen) atoms. The highest BCUT2D eigenvalue weighted by Gasteiger charge is 2.47. The third kappa shape index (κ3) is 8.02. The predicted molar refractivity (Wildman–Crippen MR) is 384 cm³/mol. The second-order valence-corrected chi connectivity index (χ2v) is 25.7. The van der Waals surface area contributed by atoms with Crippen LogP contribution in [0.2, 0.25) is 0 Å². The lowest BCUT2D eigenvalue weighted by Gasteiger charge is -2.33. The van der Waals surface area contributed by atoms with E-state index in [0.29, 0.717) is 46.6 Å². The van der Waals surface area contributed by atoms with Crippen LogP contribution in [0.25, 0.3) is 156 Å². The second-order valence-electron chi connectivity index (χ2n) is 25.7. The van der Waals surface area contributed by atoms with E-state index in [-0.39, 0.29) is 0 Å². The lowest BCUT2D eigenvalue weighted by Crippen LogP contribution is -2.28. The van der Waals surface area contributed by atoms with Gasteiger partial charge in [-0.1, -0.05) is 237 Å². The first kappa shape index (κ1) is 54.1. The highest BCUT2D eigenvalue weighted by atomic mass is 16.3. The zero-order valence-electron chi connectivity index (χ0n) is 51.9. The molecule has 6 aromatic heterocycles. The smallest absolute Gasteiger partial charge is 0.164 e. The van der Waals surface area contributed by atoms with Crippen LogP contribution >= 0.6 is 0 Å². The zero-order valence-corrected chi connectivity index (χ0v) is 51.9. The molecule has 0 saturated carbocycles. The van der Waals surface area contributed by atoms with Crippen LogP contribution in [0.4, 0.5) is 0 Å². The quantitative estimate of drug-likeness (QED) is 0.133. The fourth-order valence-electron chi connectivity index (χ4n) is 16.1. The molecule has 6 heterocycles. The number of nitrogens with zero attached hydrogens (tertiary/aromatic N) is 4. The highest BCUT2D eigenvalue weighted by molar-refractivity contribution is 6.11. The van der Waals surface area contributed by atoms with E-state index in [4.69, 9.17) is 37.6 Å². The first-order chi connectivity index (χ1) is 47.4. The van der Waals surface area contributed by atoms with Crippen LogP contribution < -0.4 is 0 Å². The van der Waals surface area contributed by atoms with Crippen molar-refractivity contribution in [3.05, 3.63) is 336 Å². The molecule has 12 aromatic carbocycles. The number of benzene rings is 12. The Morgan fingerprint density at radius 2 is 0.719 bits per heavy atom. The lowest BCUT2D eigenvalue weighted by atomic mass is 9.67. The van der Waals surface area contributed by atoms with Crippen molar-refractivity contribution in [3.63, 3.8) is 0 Å². The van der Waals surface area contributed by atoms with Crippen molar-refractivity contribution in [2.75, 3.05) is 0 Å². The summed E-state index contributed by atoms with van der Waals surface area (Å²) in [6, 6.07) is 105. The van der Waals surface area contributed by atoms with E-state index in [1.165, 1.54) is 44.5 Å². The molecule has 18 aromatic rings. The molecule has 1 unspecified atom stereocenters. The minimum Gasteiger partial charge on any atom is -0.455 e. The second kappa shape index (κ2) is 20.7. The van der Waals surface area contributed by atoms with E-state index in [2.05, 4.69) is 250 Å². The SMILES string of the molecule is CC1(Cc2ccc3oc4c(-c5nc(-c6cc7ccccc7o6)cc(-c6cccc7c6-c6ccccc6C7(c6ccccc6)c6ccccc6)n5)cccc4c3c2)c2ccccc2-c2c(-c3cc(-c4cc5ccccc5o4)nc(-c4cccc5c4oc4ccccc45)n3)cccc21. The Kier molecular flexibility index (Phi) is 11.7.